The summed E-state index contributed by atoms with van der Waals surface area (Å²) in [5.74, 6) is -2.14. The summed E-state index contributed by atoms with van der Waals surface area (Å²) in [7, 11) is -23.5. The lowest BCUT2D eigenvalue weighted by molar-refractivity contribution is -0.118. The molecular weight excluding hydrogens is 2110 g/mol. The summed E-state index contributed by atoms with van der Waals surface area (Å²) in [5.41, 5.74) is 3.75. The van der Waals surface area contributed by atoms with Crippen LogP contribution in [0.1, 0.15) is 78.7 Å². The van der Waals surface area contributed by atoms with Crippen molar-refractivity contribution in [3.8, 4) is 0 Å². The number of alkyl halides is 2. The largest absolute Gasteiger partial charge is 0.335 e. The van der Waals surface area contributed by atoms with Crippen LogP contribution in [0, 0.1) is 5.41 Å². The molecule has 0 unspecified atom stereocenters. The lowest BCUT2D eigenvalue weighted by Crippen LogP contribution is -2.45. The maximum Gasteiger partial charge on any atom is 0.332 e. The number of anilines is 8. The Bertz CT molecular complexity index is 7600. The summed E-state index contributed by atoms with van der Waals surface area (Å²) in [5, 5.41) is 22.2. The molecule has 1 saturated carbocycles. The third kappa shape index (κ3) is 40.6. The molecule has 2 heterocycles. The first kappa shape index (κ1) is 120. The number of carbonyl (C=O) groups is 7. The highest BCUT2D eigenvalue weighted by molar-refractivity contribution is 7.93. The maximum atomic E-state index is 12.5. The van der Waals surface area contributed by atoms with Gasteiger partial charge in [-0.05, 0) is 231 Å². The summed E-state index contributed by atoms with van der Waals surface area (Å²) in [6.45, 7) is 8.63. The molecule has 11 aromatic rings. The topological polar surface area (TPSA) is 554 Å². The van der Waals surface area contributed by atoms with Crippen molar-refractivity contribution in [1.82, 2.24) is 24.0 Å². The molecule has 0 saturated heterocycles. The van der Waals surface area contributed by atoms with E-state index in [2.05, 4.69) is 47.5 Å². The number of nitrogens with one attached hydrogen (secondary N) is 8. The van der Waals surface area contributed by atoms with E-state index in [0.29, 0.717) is 67.5 Å². The van der Waals surface area contributed by atoms with E-state index in [4.69, 9.17) is 46.4 Å². The number of fused-ring (bicyclic) bond motifs is 1. The van der Waals surface area contributed by atoms with E-state index in [1.54, 1.807) is 91.0 Å². The molecule has 8 amide bonds. The first-order chi connectivity index (χ1) is 66.6. The number of sulfonamides is 1. The summed E-state index contributed by atoms with van der Waals surface area (Å²) < 4.78 is 187. The molecule has 1 aliphatic carbocycles. The van der Waals surface area contributed by atoms with E-state index in [0.717, 1.165) is 84.6 Å². The average Bonchev–Trinajstić information content (AvgIpc) is 1.61. The van der Waals surface area contributed by atoms with Gasteiger partial charge in [0, 0.05) is 133 Å². The van der Waals surface area contributed by atoms with Gasteiger partial charge in [0.05, 0.1) is 52.5 Å². The summed E-state index contributed by atoms with van der Waals surface area (Å²) in [6.07, 6.45) is 19.2. The smallest absolute Gasteiger partial charge is 0.332 e. The van der Waals surface area contributed by atoms with Crippen molar-refractivity contribution in [2.75, 3.05) is 91.6 Å². The fraction of sp³-hybridized carbons (Fsp3) is 0.277. The Morgan fingerprint density at radius 2 is 0.792 bits per heavy atom. The molecule has 0 aliphatic heterocycles. The highest BCUT2D eigenvalue weighted by Gasteiger charge is 2.30. The zero-order chi connectivity index (χ0) is 108. The Balaban J connectivity index is 0.000000260. The highest BCUT2D eigenvalue weighted by atomic mass is 35.5. The van der Waals surface area contributed by atoms with Gasteiger partial charge in [-0.25, -0.2) is 81.9 Å². The first-order valence-electron chi connectivity index (χ1n) is 42.6. The van der Waals surface area contributed by atoms with E-state index >= 15 is 0 Å². The number of hydrogen-bond donors (Lipinski definition) is 8. The van der Waals surface area contributed by atoms with Crippen LogP contribution >= 0.6 is 46.4 Å². The van der Waals surface area contributed by atoms with Crippen LogP contribution in [0.15, 0.2) is 275 Å². The van der Waals surface area contributed by atoms with Gasteiger partial charge >= 0.3 is 11.7 Å². The highest BCUT2D eigenvalue weighted by Crippen LogP contribution is 2.28. The normalized spacial score (nSPS) is 12.6. The molecule has 8 N–H and O–H groups in total. The fourth-order valence-corrected chi connectivity index (χ4v) is 18.8. The molecule has 776 valence electrons. The molecule has 38 nitrogen and oxygen atoms in total. The number of aromatic nitrogens is 4. The number of sulfone groups is 7. The van der Waals surface area contributed by atoms with Gasteiger partial charge < -0.3 is 47.1 Å². The summed E-state index contributed by atoms with van der Waals surface area (Å²) in [6, 6.07) is 53.7. The van der Waals surface area contributed by atoms with Gasteiger partial charge in [-0.1, -0.05) is 111 Å². The maximum absolute atomic E-state index is 12.5. The molecule has 144 heavy (non-hydrogen) atoms. The van der Waals surface area contributed by atoms with Crippen LogP contribution in [-0.2, 0) is 128 Å². The van der Waals surface area contributed by atoms with Crippen molar-refractivity contribution >= 4 is 230 Å². The van der Waals surface area contributed by atoms with Crippen LogP contribution in [-0.4, -0.2) is 194 Å². The van der Waals surface area contributed by atoms with Gasteiger partial charge in [0.2, 0.25) is 39.6 Å². The zero-order valence-electron chi connectivity index (χ0n) is 80.4. The van der Waals surface area contributed by atoms with Crippen molar-refractivity contribution in [2.24, 2.45) is 19.5 Å². The van der Waals surface area contributed by atoms with Crippen LogP contribution in [0.3, 0.4) is 0 Å². The van der Waals surface area contributed by atoms with Crippen LogP contribution in [0.5, 0.6) is 0 Å². The van der Waals surface area contributed by atoms with E-state index in [9.17, 15) is 110 Å². The van der Waals surface area contributed by atoms with Gasteiger partial charge in [-0.2, -0.15) is 0 Å². The number of hydrogen-bond acceptors (Lipinski definition) is 26. The zero-order valence-corrected chi connectivity index (χ0v) is 90.0. The second kappa shape index (κ2) is 52.3. The number of urea groups is 1. The van der Waals surface area contributed by atoms with E-state index in [-0.39, 0.29) is 87.2 Å². The minimum absolute atomic E-state index is 0.0726. The van der Waals surface area contributed by atoms with Crippen LogP contribution < -0.4 is 58.1 Å². The van der Waals surface area contributed by atoms with Crippen molar-refractivity contribution in [2.45, 2.75) is 131 Å². The number of carbonyl (C=O) groups excluding carboxylic acids is 7. The lowest BCUT2D eigenvalue weighted by Gasteiger charge is -2.28. The van der Waals surface area contributed by atoms with Gasteiger partial charge in [0.15, 0.2) is 84.9 Å². The van der Waals surface area contributed by atoms with Crippen molar-refractivity contribution in [3.63, 3.8) is 0 Å². The third-order valence-corrected chi connectivity index (χ3v) is 29.9. The van der Waals surface area contributed by atoms with Crippen LogP contribution in [0.25, 0.3) is 17.2 Å². The molecule has 50 heteroatoms. The number of nitrogens with zero attached hydrogens (tertiary/aromatic N) is 5. The fourth-order valence-electron chi connectivity index (χ4n) is 12.7. The number of imidazole rings is 1. The predicted octanol–water partition coefficient (Wildman–Crippen LogP) is 13.3. The second-order valence-electron chi connectivity index (χ2n) is 33.6. The Labute approximate surface area is 856 Å². The standard InChI is InChI=1S/C17H20N2O5S2.C16H13Cl2NO3S.C16H17N5O5S.C14H20N2O3S.C13H19NO3S.C9H9Cl2NO3S.C9H11NO3S/c1-13(19(26(3,23)24)15-7-5-4-6-8-15)17(20)18-14-9-11-16(12-10-14)25(2,21)22;1-23(21,22)14-7-5-13(6-8-14)19-16(20)9-3-11-2-4-12(17)10-15(11)18;1-19-14-13(15(23)20(2)16(19)24)21(9-17-14)8-12(22)18-10-4-6-11(7-5-10)27(3,25)26;1-20(18,19)13-9-7-12(8-10-13)16-14(17)15-11-5-3-2-4-6-11;1-13(2,3)9-12(15)14-10-5-7-11(8-6-10)18(4,16)17;1-16(14,15)7-4-2-6(3-5-7)12-9(13)8(10)11;1-7(11)10-8-3-5-9(6-4-8)14(2,12)13/h4-13H,1-3H3,(H,18,20);2-10H,1H3,(H,19,20);4-7,9H,8H2,1-3H3,(H,18,22);7-11H,2-6H2,1H3,(H2,15,16,17);5-8H,9H2,1-4H3,(H,14,15);2-5,8H,1H3,(H,12,13);3-6H,1-2H3,(H,10,11)/b;9-3+;;;;;/t13-;;;;;;/m0....../s1. The molecule has 12 rings (SSSR count). The quantitative estimate of drug-likeness (QED) is 0.0195. The van der Waals surface area contributed by atoms with Crippen molar-refractivity contribution in [1.29, 1.82) is 0 Å². The van der Waals surface area contributed by atoms with Crippen molar-refractivity contribution in [3.05, 3.63) is 267 Å². The minimum Gasteiger partial charge on any atom is -0.335 e. The Morgan fingerprint density at radius 3 is 1.14 bits per heavy atom. The number of benzene rings is 9. The molecule has 2 aromatic heterocycles. The van der Waals surface area contributed by atoms with E-state index < -0.39 is 119 Å². The molecule has 0 radical (unpaired) electrons. The second-order valence-corrected chi connectivity index (χ2v) is 51.5. The van der Waals surface area contributed by atoms with Gasteiger partial charge in [-0.3, -0.25) is 47.0 Å². The molecule has 1 aliphatic rings. The van der Waals surface area contributed by atoms with Gasteiger partial charge in [0.25, 0.3) is 11.5 Å². The Hall–Kier alpha value is -12.5. The molecule has 1 fully saturated rings. The van der Waals surface area contributed by atoms with E-state index in [1.165, 1.54) is 189 Å². The number of amides is 8. The SMILES string of the molecule is CC(=O)Nc1ccc(S(C)(=O)=O)cc1.CC(C)(C)CC(=O)Nc1ccc(S(C)(=O)=O)cc1.CS(=O)(=O)c1ccc(NC(=O)/C=C/c2ccc(Cl)cc2Cl)cc1.CS(=O)(=O)c1ccc(NC(=O)C(Cl)Cl)cc1.CS(=O)(=O)c1ccc(NC(=O)NC2CCCCC2)cc1.C[C@@H](C(=O)Nc1ccc(S(C)(=O)=O)cc1)N(c1ccccc1)S(C)(=O)=O.Cn1c(=O)c2c(ncn2CC(=O)Nc2ccc(S(C)(=O)=O)cc2)n(C)c1=O. The summed E-state index contributed by atoms with van der Waals surface area (Å²) in [4.78, 5) is 111. The molecule has 0 bridgehead atoms. The predicted molar refractivity (Wildman–Crippen MR) is 562 cm³/mol. The number of aryl methyl sites for hydroxylation is 1. The average molecular weight is 2220 g/mol. The molecular formula is C94H109Cl4N13O25S8. The van der Waals surface area contributed by atoms with Crippen molar-refractivity contribution < 1.29 is 101 Å². The number of para-hydroxylation sites is 1. The molecule has 0 spiro atoms. The Kier molecular flexibility index (Phi) is 43.7. The molecule has 1 atom stereocenters. The number of rotatable bonds is 25. The first-order valence-corrected chi connectivity index (χ1v) is 59.3. The monoisotopic (exact) mass is 2220 g/mol. The minimum atomic E-state index is -3.69. The lowest BCUT2D eigenvalue weighted by atomic mass is 9.92. The number of halogens is 4. The van der Waals surface area contributed by atoms with E-state index in [1.807, 2.05) is 20.8 Å². The van der Waals surface area contributed by atoms with Crippen LogP contribution in [0.2, 0.25) is 10.0 Å². The van der Waals surface area contributed by atoms with Gasteiger partial charge in [-0.15, -0.1) is 0 Å². The molecule has 9 aromatic carbocycles. The van der Waals surface area contributed by atoms with Gasteiger partial charge in [0.1, 0.15) is 12.6 Å². The summed E-state index contributed by atoms with van der Waals surface area (Å²) >= 11 is 22.5. The Morgan fingerprint density at radius 1 is 0.444 bits per heavy atom. The third-order valence-electron chi connectivity index (χ3n) is 19.8. The van der Waals surface area contributed by atoms with Crippen LogP contribution in [0.4, 0.5) is 50.3 Å².